The molecule has 0 atom stereocenters. The number of nitrogens with zero attached hydrogens (tertiary/aromatic N) is 2. The van der Waals surface area contributed by atoms with Crippen molar-refractivity contribution in [1.82, 2.24) is 9.97 Å². The van der Waals surface area contributed by atoms with Crippen molar-refractivity contribution in [3.05, 3.63) is 58.4 Å². The second-order valence-corrected chi connectivity index (χ2v) is 9.77. The van der Waals surface area contributed by atoms with Crippen LogP contribution in [0.1, 0.15) is 73.4 Å². The van der Waals surface area contributed by atoms with Crippen molar-refractivity contribution in [2.24, 2.45) is 5.92 Å². The number of aryl methyl sites for hydroxylation is 3. The molecule has 4 aromatic rings. The Bertz CT molecular complexity index is 1280. The predicted molar refractivity (Wildman–Crippen MR) is 129 cm³/mol. The smallest absolute Gasteiger partial charge is 0.227 e. The van der Waals surface area contributed by atoms with Gasteiger partial charge in [0.2, 0.25) is 5.71 Å². The van der Waals surface area contributed by atoms with Crippen LogP contribution in [-0.4, -0.2) is 9.97 Å². The summed E-state index contributed by atoms with van der Waals surface area (Å²) in [7, 11) is 0. The summed E-state index contributed by atoms with van der Waals surface area (Å²) in [6.45, 7) is 10.9. The van der Waals surface area contributed by atoms with Gasteiger partial charge in [-0.25, -0.2) is 4.98 Å². The fourth-order valence-corrected chi connectivity index (χ4v) is 5.45. The van der Waals surface area contributed by atoms with E-state index in [1.807, 2.05) is 6.92 Å². The maximum Gasteiger partial charge on any atom is 0.227 e. The molecule has 0 N–H and O–H groups in total. The fraction of sp³-hybridized carbons (Fsp3) is 0.429. The first kappa shape index (κ1) is 20.2. The molecule has 3 heteroatoms. The van der Waals surface area contributed by atoms with Gasteiger partial charge in [0, 0.05) is 22.8 Å². The molecule has 31 heavy (non-hydrogen) atoms. The van der Waals surface area contributed by atoms with Gasteiger partial charge in [-0.1, -0.05) is 45.6 Å². The van der Waals surface area contributed by atoms with Crippen LogP contribution >= 0.6 is 0 Å². The number of benzene rings is 1. The van der Waals surface area contributed by atoms with Crippen molar-refractivity contribution in [3.63, 3.8) is 0 Å². The van der Waals surface area contributed by atoms with Gasteiger partial charge >= 0.3 is 0 Å². The molecule has 1 aliphatic rings. The Kier molecular flexibility index (Phi) is 5.08. The number of pyridine rings is 2. The standard InChI is InChI=1S/C28H32N2O/c1-16(2)23-15-29-24(14-21(23)13-20-8-6-7-9-20)22-11-10-17(3)25-26-18(4)12-19(5)30-28(26)31-27(22)25/h10-12,14-16,20H,6-9,13H2,1-5H3. The van der Waals surface area contributed by atoms with Gasteiger partial charge in [0.25, 0.3) is 0 Å². The van der Waals surface area contributed by atoms with Gasteiger partial charge < -0.3 is 4.42 Å². The van der Waals surface area contributed by atoms with Gasteiger partial charge in [0.1, 0.15) is 5.58 Å². The van der Waals surface area contributed by atoms with Crippen molar-refractivity contribution in [2.45, 2.75) is 72.6 Å². The zero-order valence-corrected chi connectivity index (χ0v) is 19.4. The van der Waals surface area contributed by atoms with Crippen LogP contribution < -0.4 is 0 Å². The first-order valence-electron chi connectivity index (χ1n) is 11.7. The van der Waals surface area contributed by atoms with E-state index < -0.39 is 0 Å². The molecular formula is C28H32N2O. The Balaban J connectivity index is 1.70. The number of rotatable bonds is 4. The molecule has 0 spiro atoms. The van der Waals surface area contributed by atoms with Crippen LogP contribution in [0, 0.1) is 26.7 Å². The van der Waals surface area contributed by atoms with E-state index in [1.54, 1.807) is 0 Å². The number of furan rings is 1. The van der Waals surface area contributed by atoms with E-state index in [2.05, 4.69) is 63.1 Å². The van der Waals surface area contributed by atoms with Gasteiger partial charge in [-0.05, 0) is 79.5 Å². The molecule has 0 unspecified atom stereocenters. The SMILES string of the molecule is Cc1cc(C)c2c(n1)oc1c(-c3cc(CC4CCCC4)c(C(C)C)cn3)ccc(C)c12. The normalized spacial score (nSPS) is 15.0. The van der Waals surface area contributed by atoms with E-state index in [4.69, 9.17) is 9.40 Å². The Morgan fingerprint density at radius 1 is 1.00 bits per heavy atom. The molecule has 5 rings (SSSR count). The van der Waals surface area contributed by atoms with E-state index in [-0.39, 0.29) is 0 Å². The molecule has 1 fully saturated rings. The van der Waals surface area contributed by atoms with Crippen LogP contribution in [0.5, 0.6) is 0 Å². The summed E-state index contributed by atoms with van der Waals surface area (Å²) in [5.41, 5.74) is 9.98. The lowest BCUT2D eigenvalue weighted by molar-refractivity contribution is 0.542. The third-order valence-electron chi connectivity index (χ3n) is 7.03. The molecule has 160 valence electrons. The third kappa shape index (κ3) is 3.54. The summed E-state index contributed by atoms with van der Waals surface area (Å²) >= 11 is 0. The minimum absolute atomic E-state index is 0.483. The Labute approximate surface area is 184 Å². The van der Waals surface area contributed by atoms with Crippen LogP contribution in [0.15, 0.2) is 34.9 Å². The third-order valence-corrected chi connectivity index (χ3v) is 7.03. The molecule has 0 radical (unpaired) electrons. The van der Waals surface area contributed by atoms with Crippen molar-refractivity contribution in [2.75, 3.05) is 0 Å². The van der Waals surface area contributed by atoms with Gasteiger partial charge in [-0.2, -0.15) is 0 Å². The fourth-order valence-electron chi connectivity index (χ4n) is 5.45. The molecule has 3 aromatic heterocycles. The number of hydrogen-bond donors (Lipinski definition) is 0. The summed E-state index contributed by atoms with van der Waals surface area (Å²) in [6, 6.07) is 8.83. The Morgan fingerprint density at radius 2 is 1.77 bits per heavy atom. The van der Waals surface area contributed by atoms with Crippen LogP contribution in [0.3, 0.4) is 0 Å². The molecule has 0 bridgehead atoms. The highest BCUT2D eigenvalue weighted by molar-refractivity contribution is 6.11. The molecule has 3 nitrogen and oxygen atoms in total. The van der Waals surface area contributed by atoms with Crippen LogP contribution in [0.25, 0.3) is 33.3 Å². The van der Waals surface area contributed by atoms with E-state index in [9.17, 15) is 0 Å². The highest BCUT2D eigenvalue weighted by atomic mass is 16.3. The average molecular weight is 413 g/mol. The quantitative estimate of drug-likeness (QED) is 0.343. The van der Waals surface area contributed by atoms with Gasteiger partial charge in [0.15, 0.2) is 0 Å². The zero-order chi connectivity index (χ0) is 21.7. The second kappa shape index (κ2) is 7.78. The topological polar surface area (TPSA) is 38.9 Å². The van der Waals surface area contributed by atoms with Gasteiger partial charge in [-0.15, -0.1) is 0 Å². The molecule has 3 heterocycles. The number of aromatic nitrogens is 2. The summed E-state index contributed by atoms with van der Waals surface area (Å²) in [5.74, 6) is 1.30. The van der Waals surface area contributed by atoms with E-state index in [1.165, 1.54) is 53.3 Å². The van der Waals surface area contributed by atoms with Crippen LogP contribution in [0.2, 0.25) is 0 Å². The van der Waals surface area contributed by atoms with Crippen molar-refractivity contribution >= 4 is 22.1 Å². The largest absolute Gasteiger partial charge is 0.437 e. The number of hydrogen-bond acceptors (Lipinski definition) is 3. The van der Waals surface area contributed by atoms with E-state index in [0.717, 1.165) is 46.0 Å². The molecule has 1 aliphatic carbocycles. The zero-order valence-electron chi connectivity index (χ0n) is 19.4. The molecule has 0 aliphatic heterocycles. The monoisotopic (exact) mass is 412 g/mol. The Hall–Kier alpha value is -2.68. The minimum atomic E-state index is 0.483. The highest BCUT2D eigenvalue weighted by Crippen LogP contribution is 2.39. The highest BCUT2D eigenvalue weighted by Gasteiger charge is 2.21. The predicted octanol–water partition coefficient (Wildman–Crippen LogP) is 7.82. The first-order valence-corrected chi connectivity index (χ1v) is 11.7. The lowest BCUT2D eigenvalue weighted by atomic mass is 9.90. The summed E-state index contributed by atoms with van der Waals surface area (Å²) in [4.78, 5) is 9.60. The van der Waals surface area contributed by atoms with Gasteiger partial charge in [0.05, 0.1) is 11.1 Å². The Morgan fingerprint density at radius 3 is 2.52 bits per heavy atom. The summed E-state index contributed by atoms with van der Waals surface area (Å²) < 4.78 is 6.38. The van der Waals surface area contributed by atoms with Crippen molar-refractivity contribution < 1.29 is 4.42 Å². The van der Waals surface area contributed by atoms with E-state index >= 15 is 0 Å². The minimum Gasteiger partial charge on any atom is -0.437 e. The number of fused-ring (bicyclic) bond motifs is 3. The molecule has 1 saturated carbocycles. The average Bonchev–Trinajstić information content (AvgIpc) is 3.36. The molecule has 0 amide bonds. The van der Waals surface area contributed by atoms with Crippen LogP contribution in [-0.2, 0) is 6.42 Å². The first-order chi connectivity index (χ1) is 14.9. The molecule has 0 saturated heterocycles. The molecule has 1 aromatic carbocycles. The maximum absolute atomic E-state index is 6.38. The van der Waals surface area contributed by atoms with Crippen LogP contribution in [0.4, 0.5) is 0 Å². The second-order valence-electron chi connectivity index (χ2n) is 9.77. The van der Waals surface area contributed by atoms with Gasteiger partial charge in [-0.3, -0.25) is 4.98 Å². The molecular weight excluding hydrogens is 380 g/mol. The lowest BCUT2D eigenvalue weighted by Gasteiger charge is -2.17. The van der Waals surface area contributed by atoms with E-state index in [0.29, 0.717) is 5.92 Å². The maximum atomic E-state index is 6.38. The van der Waals surface area contributed by atoms with Crippen molar-refractivity contribution in [3.8, 4) is 11.3 Å². The summed E-state index contributed by atoms with van der Waals surface area (Å²) in [6.07, 6.45) is 8.74. The summed E-state index contributed by atoms with van der Waals surface area (Å²) in [5, 5.41) is 2.30. The lowest BCUT2D eigenvalue weighted by Crippen LogP contribution is -2.05. The van der Waals surface area contributed by atoms with Crippen molar-refractivity contribution in [1.29, 1.82) is 0 Å².